The molecule has 7 heteroatoms. The molecule has 0 bridgehead atoms. The zero-order chi connectivity index (χ0) is 18.8. The number of anilines is 1. The third-order valence-corrected chi connectivity index (χ3v) is 6.18. The van der Waals surface area contributed by atoms with Gasteiger partial charge in [0.1, 0.15) is 0 Å². The van der Waals surface area contributed by atoms with E-state index in [0.717, 1.165) is 61.4 Å². The van der Waals surface area contributed by atoms with Crippen LogP contribution in [0.4, 0.5) is 10.5 Å². The summed E-state index contributed by atoms with van der Waals surface area (Å²) in [6, 6.07) is 1.90. The molecule has 1 aromatic heterocycles. The molecule has 2 unspecified atom stereocenters. The predicted molar refractivity (Wildman–Crippen MR) is 101 cm³/mol. The number of aromatic nitrogens is 1. The second-order valence-corrected chi connectivity index (χ2v) is 7.92. The first-order chi connectivity index (χ1) is 13.2. The normalized spacial score (nSPS) is 25.3. The number of likely N-dealkylation sites (tertiary alicyclic amines) is 1. The lowest BCUT2D eigenvalue weighted by molar-refractivity contribution is 0.220. The molecule has 3 heterocycles. The molecule has 4 rings (SSSR count). The smallest absolute Gasteiger partial charge is 0.322 e. The summed E-state index contributed by atoms with van der Waals surface area (Å²) in [4.78, 5) is 19.8. The number of rotatable bonds is 6. The number of amides is 2. The van der Waals surface area contributed by atoms with E-state index in [-0.39, 0.29) is 6.03 Å². The number of pyridine rings is 1. The highest BCUT2D eigenvalue weighted by molar-refractivity contribution is 5.93. The molecule has 2 atom stereocenters. The van der Waals surface area contributed by atoms with Gasteiger partial charge in [0.15, 0.2) is 6.19 Å². The highest BCUT2D eigenvalue weighted by atomic mass is 16.5. The fourth-order valence-electron chi connectivity index (χ4n) is 4.48. The summed E-state index contributed by atoms with van der Waals surface area (Å²) in [6.45, 7) is 5.86. The highest BCUT2D eigenvalue weighted by Crippen LogP contribution is 2.49. The van der Waals surface area contributed by atoms with Crippen LogP contribution >= 0.6 is 0 Å². The predicted octanol–water partition coefficient (Wildman–Crippen LogP) is 2.52. The molecule has 3 fully saturated rings. The van der Waals surface area contributed by atoms with Gasteiger partial charge in [0.25, 0.3) is 0 Å². The summed E-state index contributed by atoms with van der Waals surface area (Å²) in [5.74, 6) is 3.03. The second-order valence-electron chi connectivity index (χ2n) is 7.92. The van der Waals surface area contributed by atoms with Crippen molar-refractivity contribution in [3.8, 4) is 12.1 Å². The van der Waals surface area contributed by atoms with Gasteiger partial charge in [-0.25, -0.2) is 9.78 Å². The number of hydrogen-bond acceptors (Lipinski definition) is 5. The molecule has 1 aliphatic carbocycles. The molecule has 1 N–H and O–H groups in total. The Balaban J connectivity index is 1.22. The number of carbonyl (C=O) groups excluding carboxylic acids is 1. The first-order valence-corrected chi connectivity index (χ1v) is 9.95. The van der Waals surface area contributed by atoms with Crippen LogP contribution in [0.2, 0.25) is 0 Å². The van der Waals surface area contributed by atoms with Crippen molar-refractivity contribution in [3.05, 3.63) is 17.8 Å². The average molecular weight is 369 g/mol. The number of nitrogens with one attached hydrogen (secondary N) is 1. The van der Waals surface area contributed by atoms with Gasteiger partial charge in [0.2, 0.25) is 5.88 Å². The Kier molecular flexibility index (Phi) is 5.06. The number of nitriles is 1. The molecular formula is C20H27N5O2. The second kappa shape index (κ2) is 7.63. The first kappa shape index (κ1) is 17.9. The van der Waals surface area contributed by atoms with E-state index in [1.54, 1.807) is 11.1 Å². The Hall–Kier alpha value is -2.49. The number of hydrogen-bond donors (Lipinski definition) is 1. The van der Waals surface area contributed by atoms with E-state index in [1.165, 1.54) is 6.42 Å². The van der Waals surface area contributed by atoms with Crippen LogP contribution in [0.1, 0.15) is 31.2 Å². The maximum Gasteiger partial charge on any atom is 0.322 e. The van der Waals surface area contributed by atoms with Gasteiger partial charge in [-0.15, -0.1) is 0 Å². The molecule has 0 radical (unpaired) electrons. The van der Waals surface area contributed by atoms with Gasteiger partial charge in [-0.2, -0.15) is 5.26 Å². The standard InChI is InChI=1S/C20H27N5O2/c1-14-10-17(25-8-5-22-20(25)26)12-23-19(14)27-9-4-16-11-18(16)15-2-6-24(13-21)7-3-15/h10,12,15-16,18H,2-9,11H2,1H3,(H,22,26). The first-order valence-electron chi connectivity index (χ1n) is 9.95. The van der Waals surface area contributed by atoms with Crippen molar-refractivity contribution in [1.29, 1.82) is 5.26 Å². The van der Waals surface area contributed by atoms with Gasteiger partial charge in [-0.3, -0.25) is 4.90 Å². The lowest BCUT2D eigenvalue weighted by Crippen LogP contribution is -2.30. The molecule has 3 aliphatic rings. The molecule has 0 spiro atoms. The Morgan fingerprint density at radius 3 is 2.85 bits per heavy atom. The van der Waals surface area contributed by atoms with E-state index in [0.29, 0.717) is 25.6 Å². The third-order valence-electron chi connectivity index (χ3n) is 6.18. The lowest BCUT2D eigenvalue weighted by Gasteiger charge is -2.28. The van der Waals surface area contributed by atoms with E-state index < -0.39 is 0 Å². The summed E-state index contributed by atoms with van der Waals surface area (Å²) in [5, 5.41) is 11.8. The molecule has 7 nitrogen and oxygen atoms in total. The van der Waals surface area contributed by atoms with Gasteiger partial charge in [-0.1, -0.05) is 0 Å². The molecule has 27 heavy (non-hydrogen) atoms. The minimum atomic E-state index is -0.0646. The number of ether oxygens (including phenoxy) is 1. The molecule has 1 saturated carbocycles. The largest absolute Gasteiger partial charge is 0.477 e. The third kappa shape index (κ3) is 3.95. The number of aryl methyl sites for hydroxylation is 1. The molecule has 1 aromatic rings. The van der Waals surface area contributed by atoms with E-state index in [9.17, 15) is 4.79 Å². The quantitative estimate of drug-likeness (QED) is 0.779. The lowest BCUT2D eigenvalue weighted by atomic mass is 9.91. The maximum atomic E-state index is 11.8. The van der Waals surface area contributed by atoms with Crippen molar-refractivity contribution in [2.45, 2.75) is 32.6 Å². The van der Waals surface area contributed by atoms with Gasteiger partial charge < -0.3 is 15.0 Å². The zero-order valence-corrected chi connectivity index (χ0v) is 15.9. The molecule has 2 saturated heterocycles. The Labute approximate surface area is 160 Å². The van der Waals surface area contributed by atoms with Crippen LogP contribution in [0.3, 0.4) is 0 Å². The van der Waals surface area contributed by atoms with Crippen LogP contribution in [0.5, 0.6) is 5.88 Å². The van der Waals surface area contributed by atoms with Crippen LogP contribution in [0.15, 0.2) is 12.3 Å². The van der Waals surface area contributed by atoms with E-state index in [2.05, 4.69) is 16.5 Å². The van der Waals surface area contributed by atoms with Crippen molar-refractivity contribution in [3.63, 3.8) is 0 Å². The minimum absolute atomic E-state index is 0.0646. The van der Waals surface area contributed by atoms with Gasteiger partial charge >= 0.3 is 6.03 Å². The summed E-state index contributed by atoms with van der Waals surface area (Å²) in [6.07, 6.45) is 8.66. The maximum absolute atomic E-state index is 11.8. The minimum Gasteiger partial charge on any atom is -0.477 e. The van der Waals surface area contributed by atoms with Crippen LogP contribution in [-0.2, 0) is 0 Å². The van der Waals surface area contributed by atoms with Crippen molar-refractivity contribution < 1.29 is 9.53 Å². The summed E-state index contributed by atoms with van der Waals surface area (Å²) in [7, 11) is 0. The van der Waals surface area contributed by atoms with Gasteiger partial charge in [0, 0.05) is 31.7 Å². The average Bonchev–Trinajstić information content (AvgIpc) is 3.33. The Bertz CT molecular complexity index is 738. The molecule has 2 aliphatic heterocycles. The summed E-state index contributed by atoms with van der Waals surface area (Å²) >= 11 is 0. The van der Waals surface area contributed by atoms with Gasteiger partial charge in [-0.05, 0) is 56.4 Å². The number of urea groups is 1. The zero-order valence-electron chi connectivity index (χ0n) is 15.9. The van der Waals surface area contributed by atoms with E-state index in [1.807, 2.05) is 17.9 Å². The van der Waals surface area contributed by atoms with Crippen molar-refractivity contribution in [2.75, 3.05) is 37.7 Å². The molecule has 0 aromatic carbocycles. The highest BCUT2D eigenvalue weighted by Gasteiger charge is 2.43. The van der Waals surface area contributed by atoms with Crippen molar-refractivity contribution >= 4 is 11.7 Å². The van der Waals surface area contributed by atoms with Crippen molar-refractivity contribution in [1.82, 2.24) is 15.2 Å². The monoisotopic (exact) mass is 369 g/mol. The van der Waals surface area contributed by atoms with Crippen LogP contribution in [-0.4, -0.2) is 48.7 Å². The Morgan fingerprint density at radius 2 is 2.19 bits per heavy atom. The molecule has 2 amide bonds. The summed E-state index contributed by atoms with van der Waals surface area (Å²) < 4.78 is 5.92. The SMILES string of the molecule is Cc1cc(N2CCNC2=O)cnc1OCCC1CC1C1CCN(C#N)CC1. The number of piperidine rings is 1. The fraction of sp³-hybridized carbons (Fsp3) is 0.650. The topological polar surface area (TPSA) is 81.5 Å². The van der Waals surface area contributed by atoms with Gasteiger partial charge in [0.05, 0.1) is 18.5 Å². The van der Waals surface area contributed by atoms with E-state index >= 15 is 0 Å². The molecular weight excluding hydrogens is 342 g/mol. The number of carbonyl (C=O) groups is 1. The molecule has 144 valence electrons. The van der Waals surface area contributed by atoms with Crippen molar-refractivity contribution in [2.24, 2.45) is 17.8 Å². The van der Waals surface area contributed by atoms with E-state index in [4.69, 9.17) is 10.00 Å². The van der Waals surface area contributed by atoms with Crippen LogP contribution < -0.4 is 15.0 Å². The fourth-order valence-corrected chi connectivity index (χ4v) is 4.48. The summed E-state index contributed by atoms with van der Waals surface area (Å²) in [5.41, 5.74) is 1.78. The Morgan fingerprint density at radius 1 is 1.37 bits per heavy atom. The number of nitrogens with zero attached hydrogens (tertiary/aromatic N) is 4. The van der Waals surface area contributed by atoms with Crippen LogP contribution in [0.25, 0.3) is 0 Å². The van der Waals surface area contributed by atoms with Crippen LogP contribution in [0, 0.1) is 36.1 Å².